The normalized spacial score (nSPS) is 15.7. The van der Waals surface area contributed by atoms with E-state index in [4.69, 9.17) is 9.47 Å². The van der Waals surface area contributed by atoms with Crippen molar-refractivity contribution in [3.63, 3.8) is 0 Å². The van der Waals surface area contributed by atoms with Crippen LogP contribution >= 0.6 is 0 Å². The van der Waals surface area contributed by atoms with Gasteiger partial charge < -0.3 is 20.1 Å². The first-order valence-electron chi connectivity index (χ1n) is 11.0. The van der Waals surface area contributed by atoms with Crippen molar-refractivity contribution < 1.29 is 23.9 Å². The van der Waals surface area contributed by atoms with Crippen LogP contribution < -0.4 is 25.4 Å². The maximum atomic E-state index is 12.6. The molecular formula is C24H28N4O5. The highest BCUT2D eigenvalue weighted by molar-refractivity contribution is 6.02. The number of hydrogen-bond acceptors (Lipinski definition) is 6. The molecule has 33 heavy (non-hydrogen) atoms. The second kappa shape index (κ2) is 9.91. The molecule has 3 N–H and O–H groups in total. The molecule has 4 rings (SSSR count). The number of carbonyl (C=O) groups is 3. The molecular weight excluding hydrogens is 424 g/mol. The number of carbonyl (C=O) groups excluding carboxylic acids is 3. The molecule has 2 aromatic rings. The predicted molar refractivity (Wildman–Crippen MR) is 123 cm³/mol. The van der Waals surface area contributed by atoms with Crippen molar-refractivity contribution in [2.45, 2.75) is 26.7 Å². The number of rotatable bonds is 5. The summed E-state index contributed by atoms with van der Waals surface area (Å²) in [6.07, 6.45) is 1.27. The van der Waals surface area contributed by atoms with Gasteiger partial charge in [0.05, 0.1) is 6.54 Å². The maximum Gasteiger partial charge on any atom is 0.325 e. The molecule has 0 unspecified atom stereocenters. The summed E-state index contributed by atoms with van der Waals surface area (Å²) in [5.41, 5.74) is 3.36. The van der Waals surface area contributed by atoms with Crippen molar-refractivity contribution in [1.29, 1.82) is 0 Å². The third-order valence-electron chi connectivity index (χ3n) is 5.85. The van der Waals surface area contributed by atoms with Crippen LogP contribution in [0.15, 0.2) is 36.4 Å². The Morgan fingerprint density at radius 3 is 2.48 bits per heavy atom. The summed E-state index contributed by atoms with van der Waals surface area (Å²) in [4.78, 5) is 39.0. The molecule has 4 amide bonds. The lowest BCUT2D eigenvalue weighted by molar-refractivity contribution is -0.122. The first kappa shape index (κ1) is 22.6. The average Bonchev–Trinajstić information content (AvgIpc) is 3.24. The van der Waals surface area contributed by atoms with Crippen LogP contribution in [-0.4, -0.2) is 49.2 Å². The summed E-state index contributed by atoms with van der Waals surface area (Å²) in [5.74, 6) is 0.728. The second-order valence-corrected chi connectivity index (χ2v) is 8.43. The summed E-state index contributed by atoms with van der Waals surface area (Å²) in [6.45, 7) is 5.38. The van der Waals surface area contributed by atoms with Crippen LogP contribution in [0.4, 0.5) is 16.2 Å². The number of benzene rings is 2. The molecule has 0 aliphatic carbocycles. The van der Waals surface area contributed by atoms with E-state index in [1.807, 2.05) is 36.9 Å². The number of anilines is 2. The number of nitrogens with one attached hydrogen (secondary N) is 3. The Morgan fingerprint density at radius 2 is 1.73 bits per heavy atom. The molecule has 9 nitrogen and oxygen atoms in total. The number of likely N-dealkylation sites (tertiary alicyclic amines) is 1. The Labute approximate surface area is 192 Å². The largest absolute Gasteiger partial charge is 0.454 e. The highest BCUT2D eigenvalue weighted by Crippen LogP contribution is 2.34. The number of aryl methyl sites for hydroxylation is 2. The second-order valence-electron chi connectivity index (χ2n) is 8.43. The van der Waals surface area contributed by atoms with Gasteiger partial charge in [0, 0.05) is 23.4 Å². The Hall–Kier alpha value is -3.59. The standard InChI is InChI=1S/C24H28N4O5/c1-15-3-5-19(16(2)11-15)26-24(31)27-22(29)13-28-9-7-17(8-10-28)23(30)25-18-4-6-20-21(12-18)33-14-32-20/h3-6,11-12,17H,7-10,13-14H2,1-2H3,(H,25,30)(H2,26,27,29,31). The Balaban J connectivity index is 1.19. The Kier molecular flexibility index (Phi) is 6.79. The molecule has 0 aromatic heterocycles. The molecule has 0 atom stereocenters. The number of ether oxygens (including phenoxy) is 2. The number of piperidine rings is 1. The predicted octanol–water partition coefficient (Wildman–Crippen LogP) is 3.03. The van der Waals surface area contributed by atoms with Gasteiger partial charge in [0.2, 0.25) is 18.6 Å². The van der Waals surface area contributed by atoms with Gasteiger partial charge in [-0.3, -0.25) is 19.8 Å². The molecule has 0 spiro atoms. The molecule has 9 heteroatoms. The minimum Gasteiger partial charge on any atom is -0.454 e. The van der Waals surface area contributed by atoms with E-state index in [9.17, 15) is 14.4 Å². The van der Waals surface area contributed by atoms with Gasteiger partial charge in [0.15, 0.2) is 11.5 Å². The quantitative estimate of drug-likeness (QED) is 0.644. The molecule has 2 aliphatic heterocycles. The summed E-state index contributed by atoms with van der Waals surface area (Å²) < 4.78 is 10.6. The van der Waals surface area contributed by atoms with Crippen molar-refractivity contribution in [3.8, 4) is 11.5 Å². The zero-order valence-electron chi connectivity index (χ0n) is 18.8. The van der Waals surface area contributed by atoms with Crippen LogP contribution in [0.5, 0.6) is 11.5 Å². The maximum absolute atomic E-state index is 12.6. The first-order chi connectivity index (χ1) is 15.9. The van der Waals surface area contributed by atoms with E-state index in [1.165, 1.54) is 0 Å². The lowest BCUT2D eigenvalue weighted by Gasteiger charge is -2.30. The van der Waals surface area contributed by atoms with Gasteiger partial charge in [-0.2, -0.15) is 0 Å². The van der Waals surface area contributed by atoms with Crippen LogP contribution in [0.2, 0.25) is 0 Å². The van der Waals surface area contributed by atoms with E-state index < -0.39 is 6.03 Å². The van der Waals surface area contributed by atoms with E-state index in [0.717, 1.165) is 11.1 Å². The molecule has 2 aromatic carbocycles. The van der Waals surface area contributed by atoms with Gasteiger partial charge >= 0.3 is 6.03 Å². The monoisotopic (exact) mass is 452 g/mol. The molecule has 174 valence electrons. The smallest absolute Gasteiger partial charge is 0.325 e. The SMILES string of the molecule is Cc1ccc(NC(=O)NC(=O)CN2CCC(C(=O)Nc3ccc4c(c3)OCO4)CC2)c(C)c1. The van der Waals surface area contributed by atoms with Crippen molar-refractivity contribution in [1.82, 2.24) is 10.2 Å². The minimum atomic E-state index is -0.551. The van der Waals surface area contributed by atoms with Crippen LogP contribution in [0, 0.1) is 19.8 Å². The van der Waals surface area contributed by atoms with Gasteiger partial charge in [-0.25, -0.2) is 4.79 Å². The van der Waals surface area contributed by atoms with Gasteiger partial charge in [0.25, 0.3) is 0 Å². The highest BCUT2D eigenvalue weighted by Gasteiger charge is 2.26. The zero-order valence-corrected chi connectivity index (χ0v) is 18.8. The molecule has 0 saturated carbocycles. The minimum absolute atomic E-state index is 0.0502. The number of nitrogens with zero attached hydrogens (tertiary/aromatic N) is 1. The number of fused-ring (bicyclic) bond motifs is 1. The third-order valence-corrected chi connectivity index (χ3v) is 5.85. The number of hydrogen-bond donors (Lipinski definition) is 3. The molecule has 1 saturated heterocycles. The van der Waals surface area contributed by atoms with Crippen molar-refractivity contribution in [2.24, 2.45) is 5.92 Å². The van der Waals surface area contributed by atoms with Crippen LogP contribution in [-0.2, 0) is 9.59 Å². The molecule has 2 aliphatic rings. The number of imide groups is 1. The topological polar surface area (TPSA) is 109 Å². The summed E-state index contributed by atoms with van der Waals surface area (Å²) >= 11 is 0. The van der Waals surface area contributed by atoms with Gasteiger partial charge in [-0.05, 0) is 63.5 Å². The van der Waals surface area contributed by atoms with E-state index >= 15 is 0 Å². The molecule has 0 bridgehead atoms. The number of amides is 4. The van der Waals surface area contributed by atoms with Crippen LogP contribution in [0.1, 0.15) is 24.0 Å². The van der Waals surface area contributed by atoms with Gasteiger partial charge in [0.1, 0.15) is 0 Å². The fourth-order valence-corrected chi connectivity index (χ4v) is 4.05. The fourth-order valence-electron chi connectivity index (χ4n) is 4.05. The van der Waals surface area contributed by atoms with E-state index in [1.54, 1.807) is 18.2 Å². The van der Waals surface area contributed by atoms with E-state index in [2.05, 4.69) is 16.0 Å². The highest BCUT2D eigenvalue weighted by atomic mass is 16.7. The Morgan fingerprint density at radius 1 is 0.970 bits per heavy atom. The Bertz CT molecular complexity index is 1060. The van der Waals surface area contributed by atoms with E-state index in [0.29, 0.717) is 48.8 Å². The summed E-state index contributed by atoms with van der Waals surface area (Å²) in [5, 5.41) is 8.01. The summed E-state index contributed by atoms with van der Waals surface area (Å²) in [7, 11) is 0. The average molecular weight is 453 g/mol. The molecule has 2 heterocycles. The van der Waals surface area contributed by atoms with Gasteiger partial charge in [-0.1, -0.05) is 17.7 Å². The molecule has 1 fully saturated rings. The van der Waals surface area contributed by atoms with Crippen LogP contribution in [0.3, 0.4) is 0 Å². The van der Waals surface area contributed by atoms with Crippen molar-refractivity contribution in [2.75, 3.05) is 37.1 Å². The van der Waals surface area contributed by atoms with E-state index in [-0.39, 0.29) is 31.1 Å². The van der Waals surface area contributed by atoms with Crippen LogP contribution in [0.25, 0.3) is 0 Å². The molecule has 0 radical (unpaired) electrons. The van der Waals surface area contributed by atoms with Crippen molar-refractivity contribution >= 4 is 29.2 Å². The summed E-state index contributed by atoms with van der Waals surface area (Å²) in [6, 6.07) is 10.4. The number of urea groups is 1. The fraction of sp³-hybridized carbons (Fsp3) is 0.375. The third kappa shape index (κ3) is 5.81. The zero-order chi connectivity index (χ0) is 23.4. The van der Waals surface area contributed by atoms with Crippen molar-refractivity contribution in [3.05, 3.63) is 47.5 Å². The lowest BCUT2D eigenvalue weighted by Crippen LogP contribution is -2.45. The van der Waals surface area contributed by atoms with Gasteiger partial charge in [-0.15, -0.1) is 0 Å². The lowest BCUT2D eigenvalue weighted by atomic mass is 9.96. The first-order valence-corrected chi connectivity index (χ1v) is 11.0.